The first-order chi connectivity index (χ1) is 7.74. The molecule has 0 radical (unpaired) electrons. The molecule has 0 aliphatic carbocycles. The van der Waals surface area contributed by atoms with Crippen molar-refractivity contribution in [2.24, 2.45) is 5.92 Å². The van der Waals surface area contributed by atoms with E-state index in [4.69, 9.17) is 11.6 Å². The van der Waals surface area contributed by atoms with Gasteiger partial charge in [0.1, 0.15) is 0 Å². The fraction of sp³-hybridized carbons (Fsp3) is 0.538. The maximum atomic E-state index is 6.32. The van der Waals surface area contributed by atoms with Gasteiger partial charge in [0.15, 0.2) is 0 Å². The molecule has 1 fully saturated rings. The van der Waals surface area contributed by atoms with E-state index in [2.05, 4.69) is 46.0 Å². The molecule has 1 saturated heterocycles. The van der Waals surface area contributed by atoms with Gasteiger partial charge in [0.05, 0.1) is 10.7 Å². The fourth-order valence-corrected chi connectivity index (χ4v) is 2.95. The van der Waals surface area contributed by atoms with Gasteiger partial charge >= 0.3 is 0 Å². The molecule has 1 heterocycles. The van der Waals surface area contributed by atoms with Crippen LogP contribution in [0.25, 0.3) is 0 Å². The standard InChI is InChI=1S/C13H17BrClN/c1-2-10-5-6-16(9-10)13-4-3-11(8-14)7-12(13)15/h3-4,7,10H,2,5-6,8-9H2,1H3. The maximum absolute atomic E-state index is 6.32. The highest BCUT2D eigenvalue weighted by atomic mass is 79.9. The molecule has 2 rings (SSSR count). The van der Waals surface area contributed by atoms with Crippen LogP contribution in [0.4, 0.5) is 5.69 Å². The third kappa shape index (κ3) is 2.54. The molecule has 3 heteroatoms. The van der Waals surface area contributed by atoms with E-state index in [9.17, 15) is 0 Å². The van der Waals surface area contributed by atoms with Gasteiger partial charge < -0.3 is 4.90 Å². The second-order valence-electron chi connectivity index (χ2n) is 4.43. The SMILES string of the molecule is CCC1CCN(c2ccc(CBr)cc2Cl)C1. The molecule has 16 heavy (non-hydrogen) atoms. The lowest BCUT2D eigenvalue weighted by Crippen LogP contribution is -2.19. The molecule has 0 saturated carbocycles. The van der Waals surface area contributed by atoms with Gasteiger partial charge in [-0.05, 0) is 30.0 Å². The van der Waals surface area contributed by atoms with Crippen LogP contribution in [0.15, 0.2) is 18.2 Å². The van der Waals surface area contributed by atoms with Crippen LogP contribution in [0.3, 0.4) is 0 Å². The predicted molar refractivity (Wildman–Crippen MR) is 74.7 cm³/mol. The summed E-state index contributed by atoms with van der Waals surface area (Å²) in [5, 5.41) is 1.75. The number of halogens is 2. The third-order valence-corrected chi connectivity index (χ3v) is 4.32. The molecule has 88 valence electrons. The molecule has 1 atom stereocenters. The Balaban J connectivity index is 2.15. The van der Waals surface area contributed by atoms with Crippen molar-refractivity contribution in [1.29, 1.82) is 0 Å². The van der Waals surface area contributed by atoms with Crippen LogP contribution in [0, 0.1) is 5.92 Å². The molecule has 1 aliphatic heterocycles. The highest BCUT2D eigenvalue weighted by molar-refractivity contribution is 9.08. The van der Waals surface area contributed by atoms with Crippen molar-refractivity contribution in [3.63, 3.8) is 0 Å². The van der Waals surface area contributed by atoms with Crippen molar-refractivity contribution >= 4 is 33.2 Å². The highest BCUT2D eigenvalue weighted by Gasteiger charge is 2.22. The number of benzene rings is 1. The Kier molecular flexibility index (Phi) is 4.15. The number of hydrogen-bond donors (Lipinski definition) is 0. The monoisotopic (exact) mass is 301 g/mol. The summed E-state index contributed by atoms with van der Waals surface area (Å²) in [6.07, 6.45) is 2.57. The molecular weight excluding hydrogens is 286 g/mol. The topological polar surface area (TPSA) is 3.24 Å². The van der Waals surface area contributed by atoms with Gasteiger partial charge in [-0.15, -0.1) is 0 Å². The van der Waals surface area contributed by atoms with E-state index in [1.165, 1.54) is 24.1 Å². The molecule has 1 aromatic carbocycles. The Hall–Kier alpha value is -0.210. The molecule has 1 unspecified atom stereocenters. The van der Waals surface area contributed by atoms with Crippen molar-refractivity contribution in [2.45, 2.75) is 25.1 Å². The number of nitrogens with zero attached hydrogens (tertiary/aromatic N) is 1. The summed E-state index contributed by atoms with van der Waals surface area (Å²) in [6.45, 7) is 4.57. The van der Waals surface area contributed by atoms with Gasteiger partial charge in [0, 0.05) is 18.4 Å². The minimum atomic E-state index is 0.840. The molecular formula is C13H17BrClN. The van der Waals surface area contributed by atoms with Crippen molar-refractivity contribution in [2.75, 3.05) is 18.0 Å². The van der Waals surface area contributed by atoms with E-state index >= 15 is 0 Å². The zero-order valence-electron chi connectivity index (χ0n) is 9.55. The van der Waals surface area contributed by atoms with Crippen LogP contribution in [-0.4, -0.2) is 13.1 Å². The van der Waals surface area contributed by atoms with Gasteiger partial charge in [-0.25, -0.2) is 0 Å². The smallest absolute Gasteiger partial charge is 0.0642 e. The van der Waals surface area contributed by atoms with Crippen LogP contribution in [0.1, 0.15) is 25.3 Å². The van der Waals surface area contributed by atoms with Crippen LogP contribution >= 0.6 is 27.5 Å². The van der Waals surface area contributed by atoms with E-state index in [0.29, 0.717) is 0 Å². The Morgan fingerprint density at radius 2 is 2.31 bits per heavy atom. The van der Waals surface area contributed by atoms with Crippen molar-refractivity contribution in [3.05, 3.63) is 28.8 Å². The van der Waals surface area contributed by atoms with E-state index < -0.39 is 0 Å². The van der Waals surface area contributed by atoms with E-state index in [-0.39, 0.29) is 0 Å². The zero-order chi connectivity index (χ0) is 11.5. The molecule has 1 nitrogen and oxygen atoms in total. The summed E-state index contributed by atoms with van der Waals surface area (Å²) >= 11 is 9.76. The number of rotatable bonds is 3. The lowest BCUT2D eigenvalue weighted by molar-refractivity contribution is 0.569. The Bertz CT molecular complexity index is 367. The summed E-state index contributed by atoms with van der Waals surface area (Å²) < 4.78 is 0. The molecule has 0 aromatic heterocycles. The lowest BCUT2D eigenvalue weighted by atomic mass is 10.1. The highest BCUT2D eigenvalue weighted by Crippen LogP contribution is 2.32. The molecule has 0 spiro atoms. The van der Waals surface area contributed by atoms with Crippen LogP contribution in [0.5, 0.6) is 0 Å². The average molecular weight is 303 g/mol. The largest absolute Gasteiger partial charge is 0.370 e. The first-order valence-corrected chi connectivity index (χ1v) is 7.34. The fourth-order valence-electron chi connectivity index (χ4n) is 2.27. The zero-order valence-corrected chi connectivity index (χ0v) is 11.9. The minimum Gasteiger partial charge on any atom is -0.370 e. The lowest BCUT2D eigenvalue weighted by Gasteiger charge is -2.20. The van der Waals surface area contributed by atoms with Crippen molar-refractivity contribution < 1.29 is 0 Å². The quantitative estimate of drug-likeness (QED) is 0.745. The molecule has 0 bridgehead atoms. The second kappa shape index (κ2) is 5.42. The van der Waals surface area contributed by atoms with Gasteiger partial charge in [0.25, 0.3) is 0 Å². The van der Waals surface area contributed by atoms with Crippen LogP contribution < -0.4 is 4.90 Å². The maximum Gasteiger partial charge on any atom is 0.0642 e. The van der Waals surface area contributed by atoms with E-state index in [1.807, 2.05) is 0 Å². The summed E-state index contributed by atoms with van der Waals surface area (Å²) in [5.74, 6) is 0.840. The molecule has 0 amide bonds. The van der Waals surface area contributed by atoms with Crippen molar-refractivity contribution in [3.8, 4) is 0 Å². The predicted octanol–water partition coefficient (Wildman–Crippen LogP) is 4.47. The van der Waals surface area contributed by atoms with Crippen molar-refractivity contribution in [1.82, 2.24) is 0 Å². The van der Waals surface area contributed by atoms with Gasteiger partial charge in [-0.2, -0.15) is 0 Å². The van der Waals surface area contributed by atoms with Crippen LogP contribution in [-0.2, 0) is 5.33 Å². The number of alkyl halides is 1. The first kappa shape index (κ1) is 12.3. The van der Waals surface area contributed by atoms with E-state index in [1.54, 1.807) is 0 Å². The summed E-state index contributed by atoms with van der Waals surface area (Å²) in [7, 11) is 0. The number of hydrogen-bond acceptors (Lipinski definition) is 1. The Morgan fingerprint density at radius 3 is 2.88 bits per heavy atom. The number of anilines is 1. The molecule has 1 aliphatic rings. The molecule has 0 N–H and O–H groups in total. The average Bonchev–Trinajstić information content (AvgIpc) is 2.77. The summed E-state index contributed by atoms with van der Waals surface area (Å²) in [4.78, 5) is 2.41. The van der Waals surface area contributed by atoms with Crippen LogP contribution in [0.2, 0.25) is 5.02 Å². The molecule has 1 aromatic rings. The second-order valence-corrected chi connectivity index (χ2v) is 5.40. The third-order valence-electron chi connectivity index (χ3n) is 3.37. The normalized spacial score (nSPS) is 20.4. The van der Waals surface area contributed by atoms with Gasteiger partial charge in [-0.1, -0.05) is 46.9 Å². The Labute approximate surface area is 111 Å². The van der Waals surface area contributed by atoms with E-state index in [0.717, 1.165) is 29.4 Å². The Morgan fingerprint density at radius 1 is 1.50 bits per heavy atom. The van der Waals surface area contributed by atoms with Gasteiger partial charge in [-0.3, -0.25) is 0 Å². The summed E-state index contributed by atoms with van der Waals surface area (Å²) in [6, 6.07) is 6.36. The first-order valence-electron chi connectivity index (χ1n) is 5.84. The minimum absolute atomic E-state index is 0.840. The van der Waals surface area contributed by atoms with Gasteiger partial charge in [0.2, 0.25) is 0 Å². The summed E-state index contributed by atoms with van der Waals surface area (Å²) in [5.41, 5.74) is 2.43.